The monoisotopic (exact) mass is 328 g/mol. The summed E-state index contributed by atoms with van der Waals surface area (Å²) in [5, 5.41) is 14.2. The smallest absolute Gasteiger partial charge is 0.354 e. The molecule has 0 fully saturated rings. The van der Waals surface area contributed by atoms with E-state index in [1.807, 2.05) is 0 Å². The number of hydrogen-bond acceptors (Lipinski definition) is 4. The summed E-state index contributed by atoms with van der Waals surface area (Å²) in [4.78, 5) is 11.9. The molecule has 21 heavy (non-hydrogen) atoms. The van der Waals surface area contributed by atoms with Gasteiger partial charge in [0.1, 0.15) is 0 Å². The highest BCUT2D eigenvalue weighted by Crippen LogP contribution is 2.26. The molecule has 7 nitrogen and oxygen atoms in total. The number of nitrogens with two attached hydrogens (primary N) is 1. The van der Waals surface area contributed by atoms with Gasteiger partial charge in [-0.05, 0) is 23.8 Å². The van der Waals surface area contributed by atoms with E-state index in [0.717, 1.165) is 6.20 Å². The van der Waals surface area contributed by atoms with Crippen LogP contribution in [0.1, 0.15) is 10.5 Å². The quantitative estimate of drug-likeness (QED) is 0.853. The molecular weight excluding hydrogens is 316 g/mol. The Morgan fingerprint density at radius 3 is 2.24 bits per heavy atom. The molecule has 1 aromatic carbocycles. The van der Waals surface area contributed by atoms with Crippen LogP contribution in [0.4, 0.5) is 0 Å². The van der Waals surface area contributed by atoms with Gasteiger partial charge >= 0.3 is 16.2 Å². The van der Waals surface area contributed by atoms with E-state index in [4.69, 9.17) is 5.14 Å². The summed E-state index contributed by atoms with van der Waals surface area (Å²) in [6, 6.07) is 7.68. The van der Waals surface area contributed by atoms with Crippen molar-refractivity contribution in [1.82, 2.24) is 3.97 Å². The highest BCUT2D eigenvalue weighted by molar-refractivity contribution is 7.87. The fourth-order valence-electron chi connectivity index (χ4n) is 1.90. The van der Waals surface area contributed by atoms with Gasteiger partial charge in [-0.15, -0.1) is 0 Å². The first-order valence-electron chi connectivity index (χ1n) is 5.63. The van der Waals surface area contributed by atoms with Crippen molar-refractivity contribution >= 4 is 27.0 Å². The van der Waals surface area contributed by atoms with Crippen LogP contribution in [0.25, 0.3) is 11.1 Å². The van der Waals surface area contributed by atoms with E-state index in [2.05, 4.69) is 0 Å². The SMILES string of the molecule is CS(=O)c1ccc(-c2ccn(S(N)(=O)=O)c2C(=O)O)cc1. The highest BCUT2D eigenvalue weighted by atomic mass is 32.2. The second-order valence-corrected chi connectivity index (χ2v) is 7.01. The molecule has 0 saturated carbocycles. The molecule has 0 saturated heterocycles. The Balaban J connectivity index is 2.62. The number of carboxylic acid groups (broad SMARTS) is 1. The molecule has 2 rings (SSSR count). The lowest BCUT2D eigenvalue weighted by molar-refractivity contribution is 0.0690. The van der Waals surface area contributed by atoms with E-state index in [-0.39, 0.29) is 5.56 Å². The van der Waals surface area contributed by atoms with E-state index in [9.17, 15) is 22.5 Å². The molecule has 112 valence electrons. The lowest BCUT2D eigenvalue weighted by Gasteiger charge is -2.06. The molecule has 1 aromatic heterocycles. The molecule has 0 bridgehead atoms. The predicted octanol–water partition coefficient (Wildman–Crippen LogP) is 0.642. The Hall–Kier alpha value is -1.97. The maximum Gasteiger partial charge on any atom is 0.354 e. The molecule has 0 aliphatic rings. The minimum Gasteiger partial charge on any atom is -0.477 e. The van der Waals surface area contributed by atoms with Crippen LogP contribution in [0.5, 0.6) is 0 Å². The van der Waals surface area contributed by atoms with Crippen LogP contribution in [0.2, 0.25) is 0 Å². The van der Waals surface area contributed by atoms with Gasteiger partial charge in [0.05, 0.1) is 0 Å². The second-order valence-electron chi connectivity index (χ2n) is 4.20. The average Bonchev–Trinajstić information content (AvgIpc) is 2.83. The van der Waals surface area contributed by atoms with E-state index in [0.29, 0.717) is 14.4 Å². The van der Waals surface area contributed by atoms with Crippen molar-refractivity contribution in [3.05, 3.63) is 42.2 Å². The van der Waals surface area contributed by atoms with Gasteiger partial charge in [0.15, 0.2) is 5.69 Å². The van der Waals surface area contributed by atoms with Crippen LogP contribution in [0.15, 0.2) is 41.4 Å². The zero-order valence-corrected chi connectivity index (χ0v) is 12.5. The van der Waals surface area contributed by atoms with Crippen LogP contribution >= 0.6 is 0 Å². The molecule has 9 heteroatoms. The van der Waals surface area contributed by atoms with Gasteiger partial charge in [0.2, 0.25) is 0 Å². The maximum absolute atomic E-state index is 11.4. The van der Waals surface area contributed by atoms with Gasteiger partial charge in [-0.3, -0.25) is 4.21 Å². The second kappa shape index (κ2) is 5.43. The number of rotatable bonds is 4. The molecule has 0 aliphatic carbocycles. The third kappa shape index (κ3) is 3.04. The predicted molar refractivity (Wildman–Crippen MR) is 77.7 cm³/mol. The summed E-state index contributed by atoms with van der Waals surface area (Å²) < 4.78 is 34.6. The zero-order valence-electron chi connectivity index (χ0n) is 10.9. The fraction of sp³-hybridized carbons (Fsp3) is 0.0833. The van der Waals surface area contributed by atoms with Gasteiger partial charge in [0.25, 0.3) is 0 Å². The normalized spacial score (nSPS) is 13.0. The Morgan fingerprint density at radius 1 is 1.24 bits per heavy atom. The summed E-state index contributed by atoms with van der Waals surface area (Å²) in [7, 11) is -5.35. The van der Waals surface area contributed by atoms with E-state index < -0.39 is 32.7 Å². The third-order valence-electron chi connectivity index (χ3n) is 2.83. The Bertz CT molecular complexity index is 822. The van der Waals surface area contributed by atoms with E-state index >= 15 is 0 Å². The Morgan fingerprint density at radius 2 is 1.81 bits per heavy atom. The minimum absolute atomic E-state index is 0.213. The number of nitrogens with zero attached hydrogens (tertiary/aromatic N) is 1. The lowest BCUT2D eigenvalue weighted by atomic mass is 10.1. The Kier molecular flexibility index (Phi) is 3.99. The van der Waals surface area contributed by atoms with Crippen molar-refractivity contribution in [2.24, 2.45) is 5.14 Å². The standard InChI is InChI=1S/C12H12N2O5S2/c1-20(17)9-4-2-8(3-5-9)10-6-7-14(21(13,18)19)11(10)12(15)16/h2-7H,1H3,(H,15,16)(H2,13,18,19). The van der Waals surface area contributed by atoms with E-state index in [1.54, 1.807) is 24.3 Å². The Labute approximate surface area is 123 Å². The molecule has 2 aromatic rings. The molecule has 1 heterocycles. The number of aromatic nitrogens is 1. The number of aromatic carboxylic acids is 1. The van der Waals surface area contributed by atoms with Crippen LogP contribution in [-0.4, -0.2) is 33.9 Å². The van der Waals surface area contributed by atoms with Crippen LogP contribution in [0.3, 0.4) is 0 Å². The topological polar surface area (TPSA) is 119 Å². The molecular formula is C12H12N2O5S2. The number of carbonyl (C=O) groups is 1. The first kappa shape index (κ1) is 15.4. The van der Waals surface area contributed by atoms with Crippen molar-refractivity contribution in [1.29, 1.82) is 0 Å². The summed E-state index contributed by atoms with van der Waals surface area (Å²) in [6.45, 7) is 0. The van der Waals surface area contributed by atoms with E-state index in [1.165, 1.54) is 12.3 Å². The molecule has 0 aliphatic heterocycles. The number of benzene rings is 1. The zero-order chi connectivity index (χ0) is 15.8. The molecule has 1 unspecified atom stereocenters. The fourth-order valence-corrected chi connectivity index (χ4v) is 3.08. The van der Waals surface area contributed by atoms with Crippen molar-refractivity contribution in [2.75, 3.05) is 6.26 Å². The summed E-state index contributed by atoms with van der Waals surface area (Å²) in [5.41, 5.74) is 0.261. The first-order chi connectivity index (χ1) is 9.71. The third-order valence-corrected chi connectivity index (χ3v) is 4.61. The van der Waals surface area contributed by atoms with Gasteiger partial charge in [0, 0.05) is 33.7 Å². The summed E-state index contributed by atoms with van der Waals surface area (Å²) >= 11 is 0. The minimum atomic E-state index is -4.20. The van der Waals surface area contributed by atoms with Crippen molar-refractivity contribution in [3.63, 3.8) is 0 Å². The molecule has 0 spiro atoms. The molecule has 0 radical (unpaired) electrons. The summed E-state index contributed by atoms with van der Waals surface area (Å²) in [6.07, 6.45) is 2.61. The number of carboxylic acids is 1. The maximum atomic E-state index is 11.4. The average molecular weight is 328 g/mol. The van der Waals surface area contributed by atoms with Gasteiger partial charge in [-0.25, -0.2) is 13.9 Å². The van der Waals surface area contributed by atoms with Gasteiger partial charge < -0.3 is 5.11 Å². The molecule has 3 N–H and O–H groups in total. The van der Waals surface area contributed by atoms with Gasteiger partial charge in [-0.2, -0.15) is 8.42 Å². The van der Waals surface area contributed by atoms with Crippen molar-refractivity contribution < 1.29 is 22.5 Å². The molecule has 1 atom stereocenters. The van der Waals surface area contributed by atoms with Crippen molar-refractivity contribution in [3.8, 4) is 11.1 Å². The van der Waals surface area contributed by atoms with Crippen LogP contribution in [-0.2, 0) is 21.0 Å². The van der Waals surface area contributed by atoms with Crippen LogP contribution in [0, 0.1) is 0 Å². The number of hydrogen-bond donors (Lipinski definition) is 2. The summed E-state index contributed by atoms with van der Waals surface area (Å²) in [5.74, 6) is -1.41. The molecule has 0 amide bonds. The lowest BCUT2D eigenvalue weighted by Crippen LogP contribution is -2.24. The highest BCUT2D eigenvalue weighted by Gasteiger charge is 2.22. The first-order valence-corrected chi connectivity index (χ1v) is 8.69. The van der Waals surface area contributed by atoms with Crippen molar-refractivity contribution in [2.45, 2.75) is 4.90 Å². The van der Waals surface area contributed by atoms with Gasteiger partial charge in [-0.1, -0.05) is 12.1 Å². The largest absolute Gasteiger partial charge is 0.477 e. The van der Waals surface area contributed by atoms with Crippen LogP contribution < -0.4 is 5.14 Å².